The molecule has 4 nitrogen and oxygen atoms in total. The lowest BCUT2D eigenvalue weighted by atomic mass is 10.1. The van der Waals surface area contributed by atoms with E-state index in [-0.39, 0.29) is 0 Å². The Bertz CT molecular complexity index is 663. The van der Waals surface area contributed by atoms with E-state index in [2.05, 4.69) is 10.2 Å². The third-order valence-electron chi connectivity index (χ3n) is 2.79. The number of nitrogens with two attached hydrogens (primary N) is 1. The highest BCUT2D eigenvalue weighted by molar-refractivity contribution is 5.68. The number of anilines is 1. The smallest absolute Gasteiger partial charge is 0.150 e. The van der Waals surface area contributed by atoms with E-state index in [4.69, 9.17) is 10.5 Å². The molecule has 0 saturated heterocycles. The Morgan fingerprint density at radius 1 is 1.00 bits per heavy atom. The van der Waals surface area contributed by atoms with E-state index in [1.165, 1.54) is 0 Å². The third-order valence-corrected chi connectivity index (χ3v) is 2.79. The molecular weight excluding hydrogens is 238 g/mol. The van der Waals surface area contributed by atoms with E-state index in [1.807, 2.05) is 54.6 Å². The molecule has 0 aliphatic heterocycles. The molecule has 3 N–H and O–H groups in total. The molecule has 0 aliphatic rings. The average molecular weight is 251 g/mol. The first-order valence-electron chi connectivity index (χ1n) is 5.95. The summed E-state index contributed by atoms with van der Waals surface area (Å²) in [5, 5.41) is 6.82. The molecule has 0 unspecified atom stereocenters. The quantitative estimate of drug-likeness (QED) is 0.701. The van der Waals surface area contributed by atoms with Gasteiger partial charge in [-0.2, -0.15) is 5.10 Å². The Morgan fingerprint density at radius 3 is 2.53 bits per heavy atom. The lowest BCUT2D eigenvalue weighted by molar-refractivity contribution is 0.485. The van der Waals surface area contributed by atoms with Gasteiger partial charge >= 0.3 is 0 Å². The molecule has 0 bridgehead atoms. The van der Waals surface area contributed by atoms with Gasteiger partial charge in [-0.15, -0.1) is 0 Å². The largest absolute Gasteiger partial charge is 0.455 e. The fourth-order valence-electron chi connectivity index (χ4n) is 1.84. The lowest BCUT2D eigenvalue weighted by Crippen LogP contribution is -1.92. The standard InChI is InChI=1S/C15H13N3O/c16-13-10-11(14-8-9-17-18-14)6-7-15(13)19-12-4-2-1-3-5-12/h1-10H,16H2,(H,17,18). The summed E-state index contributed by atoms with van der Waals surface area (Å²) in [5.41, 5.74) is 8.52. The summed E-state index contributed by atoms with van der Waals surface area (Å²) in [6, 6.07) is 17.1. The SMILES string of the molecule is Nc1cc(-c2ccn[nH]2)ccc1Oc1ccccc1. The summed E-state index contributed by atoms with van der Waals surface area (Å²) in [6.07, 6.45) is 1.71. The first-order chi connectivity index (χ1) is 9.33. The van der Waals surface area contributed by atoms with Gasteiger partial charge in [0.25, 0.3) is 0 Å². The van der Waals surface area contributed by atoms with Crippen molar-refractivity contribution >= 4 is 5.69 Å². The van der Waals surface area contributed by atoms with Gasteiger partial charge in [0.15, 0.2) is 0 Å². The summed E-state index contributed by atoms with van der Waals surface area (Å²) in [5.74, 6) is 1.41. The van der Waals surface area contributed by atoms with E-state index < -0.39 is 0 Å². The number of aromatic nitrogens is 2. The maximum atomic E-state index is 6.02. The van der Waals surface area contributed by atoms with Crippen LogP contribution in [0.4, 0.5) is 5.69 Å². The first kappa shape index (κ1) is 11.3. The number of aromatic amines is 1. The van der Waals surface area contributed by atoms with Crippen LogP contribution in [0.1, 0.15) is 0 Å². The third kappa shape index (κ3) is 2.42. The zero-order valence-electron chi connectivity index (χ0n) is 10.2. The molecule has 1 heterocycles. The van der Waals surface area contributed by atoms with Crippen LogP contribution in [-0.4, -0.2) is 10.2 Å². The Morgan fingerprint density at radius 2 is 1.84 bits per heavy atom. The average Bonchev–Trinajstić information content (AvgIpc) is 2.96. The summed E-state index contributed by atoms with van der Waals surface area (Å²) in [4.78, 5) is 0. The van der Waals surface area contributed by atoms with E-state index in [9.17, 15) is 0 Å². The number of hydrogen-bond acceptors (Lipinski definition) is 3. The second-order valence-corrected chi connectivity index (χ2v) is 4.14. The number of nitrogen functional groups attached to an aromatic ring is 1. The molecule has 0 saturated carbocycles. The maximum absolute atomic E-state index is 6.02. The predicted octanol–water partition coefficient (Wildman–Crippen LogP) is 3.45. The minimum Gasteiger partial charge on any atom is -0.455 e. The van der Waals surface area contributed by atoms with Crippen molar-refractivity contribution in [2.24, 2.45) is 0 Å². The highest BCUT2D eigenvalue weighted by atomic mass is 16.5. The molecule has 3 aromatic rings. The van der Waals surface area contributed by atoms with Crippen molar-refractivity contribution in [1.29, 1.82) is 0 Å². The molecule has 3 rings (SSSR count). The van der Waals surface area contributed by atoms with Crippen molar-refractivity contribution in [3.8, 4) is 22.8 Å². The van der Waals surface area contributed by atoms with Crippen molar-refractivity contribution < 1.29 is 4.74 Å². The van der Waals surface area contributed by atoms with Crippen LogP contribution >= 0.6 is 0 Å². The number of hydrogen-bond donors (Lipinski definition) is 2. The minimum atomic E-state index is 0.593. The van der Waals surface area contributed by atoms with Gasteiger partial charge in [0.05, 0.1) is 11.4 Å². The van der Waals surface area contributed by atoms with E-state index in [0.29, 0.717) is 11.4 Å². The Labute approximate surface area is 110 Å². The topological polar surface area (TPSA) is 63.9 Å². The molecule has 0 aliphatic carbocycles. The van der Waals surface area contributed by atoms with Gasteiger partial charge in [-0.1, -0.05) is 18.2 Å². The Hall–Kier alpha value is -2.75. The van der Waals surface area contributed by atoms with Crippen LogP contribution in [0, 0.1) is 0 Å². The molecule has 0 atom stereocenters. The molecule has 4 heteroatoms. The van der Waals surface area contributed by atoms with Gasteiger partial charge in [0.2, 0.25) is 0 Å². The highest BCUT2D eigenvalue weighted by Crippen LogP contribution is 2.30. The Balaban J connectivity index is 1.88. The molecule has 1 aromatic heterocycles. The van der Waals surface area contributed by atoms with Gasteiger partial charge in [0, 0.05) is 11.8 Å². The normalized spacial score (nSPS) is 10.3. The van der Waals surface area contributed by atoms with Crippen LogP contribution in [0.5, 0.6) is 11.5 Å². The van der Waals surface area contributed by atoms with Crippen LogP contribution < -0.4 is 10.5 Å². The summed E-state index contributed by atoms with van der Waals surface area (Å²) in [6.45, 7) is 0. The van der Waals surface area contributed by atoms with Crippen LogP contribution in [-0.2, 0) is 0 Å². The van der Waals surface area contributed by atoms with Crippen molar-refractivity contribution in [2.45, 2.75) is 0 Å². The molecule has 2 aromatic carbocycles. The van der Waals surface area contributed by atoms with Gasteiger partial charge in [-0.25, -0.2) is 0 Å². The minimum absolute atomic E-state index is 0.593. The van der Waals surface area contributed by atoms with Crippen molar-refractivity contribution in [1.82, 2.24) is 10.2 Å². The molecule has 0 spiro atoms. The highest BCUT2D eigenvalue weighted by Gasteiger charge is 2.05. The fraction of sp³-hybridized carbons (Fsp3) is 0. The predicted molar refractivity (Wildman–Crippen MR) is 75.0 cm³/mol. The molecule has 0 fully saturated rings. The summed E-state index contributed by atoms with van der Waals surface area (Å²) in [7, 11) is 0. The lowest BCUT2D eigenvalue weighted by Gasteiger charge is -2.09. The van der Waals surface area contributed by atoms with Crippen LogP contribution in [0.25, 0.3) is 11.3 Å². The molecule has 19 heavy (non-hydrogen) atoms. The molecular formula is C15H13N3O. The van der Waals surface area contributed by atoms with Crippen LogP contribution in [0.2, 0.25) is 0 Å². The number of nitrogens with one attached hydrogen (secondary N) is 1. The maximum Gasteiger partial charge on any atom is 0.150 e. The molecule has 0 radical (unpaired) electrons. The first-order valence-corrected chi connectivity index (χ1v) is 5.95. The molecule has 94 valence electrons. The van der Waals surface area contributed by atoms with Gasteiger partial charge in [0.1, 0.15) is 11.5 Å². The number of nitrogens with zero attached hydrogens (tertiary/aromatic N) is 1. The van der Waals surface area contributed by atoms with Crippen molar-refractivity contribution in [3.05, 3.63) is 60.8 Å². The number of H-pyrrole nitrogens is 1. The number of ether oxygens (including phenoxy) is 1. The van der Waals surface area contributed by atoms with E-state index in [1.54, 1.807) is 6.20 Å². The van der Waals surface area contributed by atoms with Gasteiger partial charge in [-0.05, 0) is 36.4 Å². The fourth-order valence-corrected chi connectivity index (χ4v) is 1.84. The molecule has 0 amide bonds. The van der Waals surface area contributed by atoms with Gasteiger partial charge < -0.3 is 10.5 Å². The second-order valence-electron chi connectivity index (χ2n) is 4.14. The number of para-hydroxylation sites is 1. The number of benzene rings is 2. The number of rotatable bonds is 3. The monoisotopic (exact) mass is 251 g/mol. The zero-order valence-corrected chi connectivity index (χ0v) is 10.2. The van der Waals surface area contributed by atoms with Crippen LogP contribution in [0.3, 0.4) is 0 Å². The zero-order chi connectivity index (χ0) is 13.1. The van der Waals surface area contributed by atoms with Crippen molar-refractivity contribution in [2.75, 3.05) is 5.73 Å². The van der Waals surface area contributed by atoms with Gasteiger partial charge in [-0.3, -0.25) is 5.10 Å². The van der Waals surface area contributed by atoms with Crippen LogP contribution in [0.15, 0.2) is 60.8 Å². The summed E-state index contributed by atoms with van der Waals surface area (Å²) >= 11 is 0. The second kappa shape index (κ2) is 4.86. The van der Waals surface area contributed by atoms with E-state index >= 15 is 0 Å². The Kier molecular flexibility index (Phi) is 2.90. The van der Waals surface area contributed by atoms with E-state index in [0.717, 1.165) is 17.0 Å². The van der Waals surface area contributed by atoms with Crippen molar-refractivity contribution in [3.63, 3.8) is 0 Å². The summed E-state index contributed by atoms with van der Waals surface area (Å²) < 4.78 is 5.73.